The fraction of sp³-hybridized carbons (Fsp3) is 0.571. The van der Waals surface area contributed by atoms with Crippen LogP contribution in [0.1, 0.15) is 51.4 Å². The Bertz CT molecular complexity index is 900. The van der Waals surface area contributed by atoms with E-state index in [0.717, 1.165) is 25.7 Å². The van der Waals surface area contributed by atoms with E-state index in [4.69, 9.17) is 5.73 Å². The standard InChI is InChI=1S/C21H29N4O5S/c22-21(28)16-10-11-17(18(26)14-24-16)25(31(29,30)19-8-4-5-13-23-19)20(27)12-9-15-6-2-1-3-7-15/h4-5,8,12-13,15-17,24H,1-3,6-7,9-11,14H2,(H2,22,28)/t16-,17+/m1/s1. The summed E-state index contributed by atoms with van der Waals surface area (Å²) in [4.78, 5) is 41.4. The maximum Gasteiger partial charge on any atom is 0.284 e. The lowest BCUT2D eigenvalue weighted by Crippen LogP contribution is -2.50. The van der Waals surface area contributed by atoms with Crippen molar-refractivity contribution < 1.29 is 22.8 Å². The van der Waals surface area contributed by atoms with Crippen LogP contribution in [0.2, 0.25) is 0 Å². The number of hydrogen-bond donors (Lipinski definition) is 2. The minimum Gasteiger partial charge on any atom is -0.368 e. The predicted molar refractivity (Wildman–Crippen MR) is 113 cm³/mol. The summed E-state index contributed by atoms with van der Waals surface area (Å²) in [5, 5.41) is 2.45. The number of amides is 2. The quantitative estimate of drug-likeness (QED) is 0.631. The van der Waals surface area contributed by atoms with Gasteiger partial charge in [0.2, 0.25) is 11.8 Å². The van der Waals surface area contributed by atoms with Crippen molar-refractivity contribution in [3.8, 4) is 0 Å². The molecule has 1 saturated heterocycles. The summed E-state index contributed by atoms with van der Waals surface area (Å²) in [7, 11) is -4.36. The number of nitrogens with two attached hydrogens (primary N) is 1. The lowest BCUT2D eigenvalue weighted by Gasteiger charge is -2.29. The van der Waals surface area contributed by atoms with Crippen molar-refractivity contribution in [2.45, 2.75) is 68.5 Å². The molecule has 1 aliphatic carbocycles. The number of rotatable bonds is 7. The van der Waals surface area contributed by atoms with Gasteiger partial charge in [0.15, 0.2) is 10.8 Å². The Labute approximate surface area is 182 Å². The molecule has 1 aromatic rings. The summed E-state index contributed by atoms with van der Waals surface area (Å²) >= 11 is 0. The van der Waals surface area contributed by atoms with Crippen molar-refractivity contribution in [1.82, 2.24) is 14.6 Å². The summed E-state index contributed by atoms with van der Waals surface area (Å²) in [6, 6.07) is 2.39. The highest BCUT2D eigenvalue weighted by Crippen LogP contribution is 2.29. The summed E-state index contributed by atoms with van der Waals surface area (Å²) in [6.07, 6.45) is 8.71. The second-order valence-electron chi connectivity index (χ2n) is 8.15. The van der Waals surface area contributed by atoms with Crippen LogP contribution in [0.15, 0.2) is 29.4 Å². The highest BCUT2D eigenvalue weighted by molar-refractivity contribution is 7.89. The van der Waals surface area contributed by atoms with Crippen LogP contribution in [0.5, 0.6) is 0 Å². The number of carbonyl (C=O) groups is 3. The first-order valence-electron chi connectivity index (χ1n) is 10.7. The van der Waals surface area contributed by atoms with Crippen molar-refractivity contribution in [1.29, 1.82) is 0 Å². The van der Waals surface area contributed by atoms with Gasteiger partial charge in [0, 0.05) is 6.20 Å². The van der Waals surface area contributed by atoms with Crippen LogP contribution in [-0.2, 0) is 24.4 Å². The molecule has 0 spiro atoms. The van der Waals surface area contributed by atoms with Gasteiger partial charge in [0.05, 0.1) is 19.0 Å². The number of aromatic nitrogens is 1. The molecule has 2 fully saturated rings. The molecule has 169 valence electrons. The zero-order valence-corrected chi connectivity index (χ0v) is 18.2. The Morgan fingerprint density at radius 2 is 1.90 bits per heavy atom. The van der Waals surface area contributed by atoms with Crippen LogP contribution in [0, 0.1) is 12.3 Å². The molecule has 1 saturated carbocycles. The van der Waals surface area contributed by atoms with E-state index >= 15 is 0 Å². The third-order valence-electron chi connectivity index (χ3n) is 5.98. The summed E-state index contributed by atoms with van der Waals surface area (Å²) < 4.78 is 27.4. The molecular formula is C21H29N4O5S. The van der Waals surface area contributed by atoms with E-state index in [9.17, 15) is 22.8 Å². The van der Waals surface area contributed by atoms with E-state index in [2.05, 4.69) is 10.3 Å². The van der Waals surface area contributed by atoms with Crippen molar-refractivity contribution in [2.75, 3.05) is 6.54 Å². The zero-order valence-electron chi connectivity index (χ0n) is 17.4. The van der Waals surface area contributed by atoms with Gasteiger partial charge in [-0.2, -0.15) is 8.42 Å². The van der Waals surface area contributed by atoms with Crippen LogP contribution >= 0.6 is 0 Å². The van der Waals surface area contributed by atoms with Gasteiger partial charge in [-0.25, -0.2) is 9.29 Å². The molecule has 2 heterocycles. The van der Waals surface area contributed by atoms with Crippen LogP contribution in [-0.4, -0.2) is 53.9 Å². The monoisotopic (exact) mass is 449 g/mol. The predicted octanol–water partition coefficient (Wildman–Crippen LogP) is 0.949. The Balaban J connectivity index is 1.87. The van der Waals surface area contributed by atoms with E-state index < -0.39 is 39.7 Å². The van der Waals surface area contributed by atoms with Crippen LogP contribution in [0.25, 0.3) is 0 Å². The first-order chi connectivity index (χ1) is 14.8. The van der Waals surface area contributed by atoms with E-state index in [-0.39, 0.29) is 24.4 Å². The molecule has 0 unspecified atom stereocenters. The summed E-state index contributed by atoms with van der Waals surface area (Å²) in [5.41, 5.74) is 5.34. The average Bonchev–Trinajstić information content (AvgIpc) is 2.96. The third kappa shape index (κ3) is 5.68. The summed E-state index contributed by atoms with van der Waals surface area (Å²) in [6.45, 7) is -0.248. The van der Waals surface area contributed by atoms with E-state index in [1.807, 2.05) is 0 Å². The second-order valence-corrected chi connectivity index (χ2v) is 9.91. The fourth-order valence-electron chi connectivity index (χ4n) is 4.24. The largest absolute Gasteiger partial charge is 0.368 e. The molecule has 0 aromatic carbocycles. The van der Waals surface area contributed by atoms with Gasteiger partial charge in [-0.05, 0) is 37.3 Å². The van der Waals surface area contributed by atoms with Gasteiger partial charge in [-0.3, -0.25) is 19.7 Å². The van der Waals surface area contributed by atoms with Crippen molar-refractivity contribution in [3.63, 3.8) is 0 Å². The molecule has 1 aliphatic heterocycles. The molecule has 3 N–H and O–H groups in total. The minimum atomic E-state index is -4.36. The Hall–Kier alpha value is -2.33. The van der Waals surface area contributed by atoms with Crippen LogP contribution in [0.3, 0.4) is 0 Å². The zero-order chi connectivity index (χ0) is 22.4. The molecular weight excluding hydrogens is 420 g/mol. The summed E-state index contributed by atoms with van der Waals surface area (Å²) in [5.74, 6) is -1.50. The van der Waals surface area contributed by atoms with Gasteiger partial charge in [-0.1, -0.05) is 38.2 Å². The third-order valence-corrected chi connectivity index (χ3v) is 7.70. The highest BCUT2D eigenvalue weighted by Gasteiger charge is 2.41. The Morgan fingerprint density at radius 1 is 1.16 bits per heavy atom. The number of primary amides is 1. The maximum atomic E-state index is 13.4. The second kappa shape index (κ2) is 10.3. The van der Waals surface area contributed by atoms with Crippen LogP contribution < -0.4 is 11.1 Å². The van der Waals surface area contributed by atoms with Gasteiger partial charge in [-0.15, -0.1) is 0 Å². The normalized spacial score (nSPS) is 23.2. The Morgan fingerprint density at radius 3 is 2.55 bits per heavy atom. The van der Waals surface area contributed by atoms with Gasteiger partial charge in [0.1, 0.15) is 6.04 Å². The van der Waals surface area contributed by atoms with Crippen LogP contribution in [0.4, 0.5) is 0 Å². The number of sulfonamides is 1. The molecule has 2 aliphatic rings. The number of Topliss-reactive ketones (excluding diaryl/α,β-unsaturated/α-hetero) is 1. The molecule has 0 bridgehead atoms. The molecule has 3 rings (SSSR count). The van der Waals surface area contributed by atoms with Gasteiger partial charge >= 0.3 is 0 Å². The number of carbonyl (C=O) groups excluding carboxylic acids is 3. The van der Waals surface area contributed by atoms with E-state index in [1.165, 1.54) is 31.2 Å². The van der Waals surface area contributed by atoms with Gasteiger partial charge in [0.25, 0.3) is 10.0 Å². The minimum absolute atomic E-state index is 0.00844. The Kier molecular flexibility index (Phi) is 7.77. The first-order valence-corrected chi connectivity index (χ1v) is 12.1. The van der Waals surface area contributed by atoms with Crippen molar-refractivity contribution in [3.05, 3.63) is 30.8 Å². The van der Waals surface area contributed by atoms with E-state index in [0.29, 0.717) is 16.6 Å². The SMILES string of the molecule is NC(=O)[C@H]1CC[C@H](N(C(=O)[CH]CC2CCCCC2)S(=O)(=O)c2ccccn2)C(=O)CN1. The lowest BCUT2D eigenvalue weighted by molar-refractivity contribution is -0.131. The first kappa shape index (κ1) is 23.3. The van der Waals surface area contributed by atoms with Crippen molar-refractivity contribution in [2.24, 2.45) is 11.7 Å². The number of nitrogens with zero attached hydrogens (tertiary/aromatic N) is 2. The average molecular weight is 450 g/mol. The fourth-order valence-corrected chi connectivity index (χ4v) is 5.76. The number of ketones is 1. The smallest absolute Gasteiger partial charge is 0.284 e. The molecule has 2 amide bonds. The molecule has 1 aromatic heterocycles. The molecule has 2 atom stereocenters. The highest BCUT2D eigenvalue weighted by atomic mass is 32.2. The molecule has 10 heteroatoms. The lowest BCUT2D eigenvalue weighted by atomic mass is 9.86. The number of pyridine rings is 1. The maximum absolute atomic E-state index is 13.4. The number of nitrogens with one attached hydrogen (secondary N) is 1. The van der Waals surface area contributed by atoms with E-state index in [1.54, 1.807) is 6.07 Å². The molecule has 1 radical (unpaired) electrons. The van der Waals surface area contributed by atoms with Gasteiger partial charge < -0.3 is 5.73 Å². The number of hydrogen-bond acceptors (Lipinski definition) is 7. The topological polar surface area (TPSA) is 140 Å². The molecule has 9 nitrogen and oxygen atoms in total. The molecule has 31 heavy (non-hydrogen) atoms. The van der Waals surface area contributed by atoms with Crippen molar-refractivity contribution >= 4 is 27.6 Å².